The van der Waals surface area contributed by atoms with Gasteiger partial charge in [-0.15, -0.1) is 0 Å². The summed E-state index contributed by atoms with van der Waals surface area (Å²) in [4.78, 5) is 0. The van der Waals surface area contributed by atoms with E-state index in [1.54, 1.807) is 14.2 Å². The van der Waals surface area contributed by atoms with Gasteiger partial charge in [0.15, 0.2) is 0 Å². The summed E-state index contributed by atoms with van der Waals surface area (Å²) in [7, 11) is -0.520. The molecule has 2 aromatic carbocycles. The van der Waals surface area contributed by atoms with Gasteiger partial charge in [0.25, 0.3) is 0 Å². The van der Waals surface area contributed by atoms with Gasteiger partial charge >= 0.3 is 17.1 Å². The van der Waals surface area contributed by atoms with Crippen LogP contribution in [-0.2, 0) is 17.7 Å². The Morgan fingerprint density at radius 3 is 1.71 bits per heavy atom. The van der Waals surface area contributed by atoms with Crippen LogP contribution in [0, 0.1) is 0 Å². The van der Waals surface area contributed by atoms with Crippen LogP contribution in [0.2, 0.25) is 25.2 Å². The molecule has 0 aliphatic heterocycles. The molecule has 2 rings (SSSR count). The van der Waals surface area contributed by atoms with Crippen molar-refractivity contribution >= 4 is 29.3 Å². The zero-order chi connectivity index (χ0) is 28.3. The maximum atomic E-state index is 5.80. The van der Waals surface area contributed by atoms with Crippen LogP contribution >= 0.6 is 0 Å². The van der Waals surface area contributed by atoms with Crippen LogP contribution in [0.4, 0.5) is 0 Å². The molecule has 0 N–H and O–H groups in total. The van der Waals surface area contributed by atoms with E-state index in [2.05, 4.69) is 26.3 Å². The van der Waals surface area contributed by atoms with Crippen LogP contribution < -0.4 is 9.47 Å². The Morgan fingerprint density at radius 2 is 1.21 bits per heavy atom. The minimum absolute atomic E-state index is 0.676. The molecule has 38 heavy (non-hydrogen) atoms. The Kier molecular flexibility index (Phi) is 16.9. The molecule has 2 aromatic rings. The van der Waals surface area contributed by atoms with E-state index in [-0.39, 0.29) is 0 Å². The lowest BCUT2D eigenvalue weighted by Crippen LogP contribution is -2.38. The Labute approximate surface area is 233 Å². The number of hydrogen-bond acceptors (Lipinski definition) is 6. The van der Waals surface area contributed by atoms with Gasteiger partial charge in [-0.3, -0.25) is 0 Å². The summed E-state index contributed by atoms with van der Waals surface area (Å²) in [5.74, 6) is 1.78. The van der Waals surface area contributed by atoms with Gasteiger partial charge in [-0.1, -0.05) is 49.6 Å². The molecule has 0 saturated heterocycles. The minimum atomic E-state index is -2.00. The van der Waals surface area contributed by atoms with Crippen molar-refractivity contribution in [3.63, 3.8) is 0 Å². The molecule has 0 aliphatic rings. The average Bonchev–Trinajstić information content (AvgIpc) is 2.94. The highest BCUT2D eigenvalue weighted by molar-refractivity contribution is 6.66. The molecule has 0 fully saturated rings. The maximum absolute atomic E-state index is 5.80. The molecule has 0 radical (unpaired) electrons. The highest BCUT2D eigenvalue weighted by Crippen LogP contribution is 2.19. The molecule has 0 unspecified atom stereocenters. The first kappa shape index (κ1) is 33.8. The van der Waals surface area contributed by atoms with Gasteiger partial charge in [-0.05, 0) is 87.3 Å². The molecule has 0 aromatic heterocycles. The Morgan fingerprint density at radius 1 is 0.684 bits per heavy atom. The quantitative estimate of drug-likeness (QED) is 0.137. The smallest absolute Gasteiger partial charge is 0.335 e. The number of rotatable bonds is 18. The van der Waals surface area contributed by atoms with Crippen molar-refractivity contribution in [2.75, 3.05) is 40.6 Å². The summed E-state index contributed by atoms with van der Waals surface area (Å²) >= 11 is 0. The van der Waals surface area contributed by atoms with Crippen LogP contribution in [0.25, 0.3) is 12.2 Å². The third-order valence-electron chi connectivity index (χ3n) is 6.06. The summed E-state index contributed by atoms with van der Waals surface area (Å²) < 4.78 is 33.9. The van der Waals surface area contributed by atoms with Crippen molar-refractivity contribution in [2.45, 2.75) is 51.9 Å². The Bertz CT molecular complexity index is 909. The summed E-state index contributed by atoms with van der Waals surface area (Å²) in [6.45, 7) is 18.5. The molecule has 0 heterocycles. The topological polar surface area (TPSA) is 55.4 Å². The van der Waals surface area contributed by atoms with E-state index >= 15 is 0 Å². The van der Waals surface area contributed by atoms with E-state index in [9.17, 15) is 0 Å². The largest absolute Gasteiger partial charge is 0.494 e. The van der Waals surface area contributed by atoms with Crippen LogP contribution in [0.15, 0.2) is 61.7 Å². The lowest BCUT2D eigenvalue weighted by atomic mass is 10.2. The Hall–Kier alpha value is -2.21. The van der Waals surface area contributed by atoms with Crippen molar-refractivity contribution in [3.8, 4) is 11.5 Å². The average molecular weight is 561 g/mol. The van der Waals surface area contributed by atoms with Gasteiger partial charge in [-0.25, -0.2) is 0 Å². The number of hydrogen-bond donors (Lipinski definition) is 0. The summed E-state index contributed by atoms with van der Waals surface area (Å²) in [5.41, 5.74) is 2.17. The van der Waals surface area contributed by atoms with Crippen molar-refractivity contribution < 1.29 is 27.2 Å². The molecule has 212 valence electrons. The lowest BCUT2D eigenvalue weighted by molar-refractivity contribution is 0.185. The van der Waals surface area contributed by atoms with Crippen LogP contribution in [0.3, 0.4) is 0 Å². The van der Waals surface area contributed by atoms with E-state index in [4.69, 9.17) is 27.2 Å². The van der Waals surface area contributed by atoms with Gasteiger partial charge in [-0.2, -0.15) is 0 Å². The predicted octanol–water partition coefficient (Wildman–Crippen LogP) is 7.71. The van der Waals surface area contributed by atoms with Gasteiger partial charge in [0.1, 0.15) is 11.5 Å². The van der Waals surface area contributed by atoms with Crippen molar-refractivity contribution in [2.24, 2.45) is 0 Å². The van der Waals surface area contributed by atoms with E-state index in [0.717, 1.165) is 47.6 Å². The molecule has 0 bridgehead atoms. The second-order valence-electron chi connectivity index (χ2n) is 9.00. The van der Waals surface area contributed by atoms with Crippen molar-refractivity contribution in [1.82, 2.24) is 0 Å². The lowest BCUT2D eigenvalue weighted by Gasteiger charge is -2.25. The van der Waals surface area contributed by atoms with Crippen LogP contribution in [-0.4, -0.2) is 57.8 Å². The van der Waals surface area contributed by atoms with Crippen molar-refractivity contribution in [1.29, 1.82) is 0 Å². The highest BCUT2D eigenvalue weighted by Gasteiger charge is 2.30. The normalized spacial score (nSPS) is 11.3. The van der Waals surface area contributed by atoms with Crippen molar-refractivity contribution in [3.05, 3.63) is 72.8 Å². The van der Waals surface area contributed by atoms with Crippen LogP contribution in [0.5, 0.6) is 11.5 Å². The SMILES string of the molecule is C=Cc1ccc(OCCC[Si](C)(OCC)OCC)cc1.C=Cc1cccc(OCCC[Si](C)(OC)OC)c1. The van der Waals surface area contributed by atoms with Crippen LogP contribution in [0.1, 0.15) is 37.8 Å². The third-order valence-corrected chi connectivity index (χ3v) is 12.1. The second kappa shape index (κ2) is 18.9. The summed E-state index contributed by atoms with van der Waals surface area (Å²) in [6.07, 6.45) is 5.52. The molecule has 0 spiro atoms. The first-order valence-electron chi connectivity index (χ1n) is 13.4. The first-order chi connectivity index (χ1) is 18.3. The maximum Gasteiger partial charge on any atom is 0.335 e. The molecule has 8 heteroatoms. The molecule has 0 amide bonds. The zero-order valence-electron chi connectivity index (χ0n) is 24.3. The monoisotopic (exact) mass is 560 g/mol. The van der Waals surface area contributed by atoms with E-state index in [1.807, 2.05) is 74.5 Å². The fourth-order valence-electron chi connectivity index (χ4n) is 3.68. The predicted molar refractivity (Wildman–Crippen MR) is 163 cm³/mol. The van der Waals surface area contributed by atoms with E-state index in [1.165, 1.54) is 0 Å². The fourth-order valence-corrected chi connectivity index (χ4v) is 7.42. The molecular weight excluding hydrogens is 512 g/mol. The van der Waals surface area contributed by atoms with E-state index < -0.39 is 17.1 Å². The second-order valence-corrected chi connectivity index (χ2v) is 15.9. The van der Waals surface area contributed by atoms with Gasteiger partial charge < -0.3 is 27.2 Å². The zero-order valence-corrected chi connectivity index (χ0v) is 26.3. The summed E-state index contributed by atoms with van der Waals surface area (Å²) in [5, 5.41) is 0. The minimum Gasteiger partial charge on any atom is -0.494 e. The van der Waals surface area contributed by atoms with Gasteiger partial charge in [0.05, 0.1) is 13.2 Å². The molecular formula is C30H48O6Si2. The molecule has 0 atom stereocenters. The summed E-state index contributed by atoms with van der Waals surface area (Å²) in [6, 6.07) is 17.7. The molecule has 6 nitrogen and oxygen atoms in total. The first-order valence-corrected chi connectivity index (χ1v) is 18.4. The number of ether oxygens (including phenoxy) is 2. The Balaban J connectivity index is 0.000000382. The van der Waals surface area contributed by atoms with Gasteiger partial charge in [0, 0.05) is 27.4 Å². The third kappa shape index (κ3) is 13.5. The van der Waals surface area contributed by atoms with E-state index in [0.29, 0.717) is 26.4 Å². The number of benzene rings is 2. The molecule has 0 aliphatic carbocycles. The highest BCUT2D eigenvalue weighted by atomic mass is 28.4. The van der Waals surface area contributed by atoms with Gasteiger partial charge in [0.2, 0.25) is 0 Å². The standard InChI is InChI=1S/C16H26O3Si.C14H22O3Si/c1-5-15-9-11-16(12-10-15)17-13-8-14-20(4,18-6-2)19-7-3;1-5-13-8-6-9-14(12-13)17-10-7-11-18(4,15-2)16-3/h5,9-12H,1,6-8,13-14H2,2-4H3;5-6,8-9,12H,1,7,10-11H2,2-4H3. The molecule has 0 saturated carbocycles. The fraction of sp³-hybridized carbons (Fsp3) is 0.467.